The number of aromatic nitrogens is 2. The van der Waals surface area contributed by atoms with E-state index in [2.05, 4.69) is 25.6 Å². The number of hydrazone groups is 1. The van der Waals surface area contributed by atoms with E-state index in [4.69, 9.17) is 16.4 Å². The molecule has 0 radical (unpaired) electrons. The molecule has 6 N–H and O–H groups in total. The average Bonchev–Trinajstić information content (AvgIpc) is 2.77. The smallest absolute Gasteiger partial charge is 0.486 e. The minimum absolute atomic E-state index is 0.00597. The number of nitrogens with zero attached hydrogens (tertiary/aromatic N) is 3. The number of alkyl halides is 3. The van der Waals surface area contributed by atoms with Crippen LogP contribution in [0.25, 0.3) is 5.69 Å². The number of ether oxygens (including phenoxy) is 2. The molecule has 0 amide bonds. The van der Waals surface area contributed by atoms with Gasteiger partial charge in [-0.15, -0.1) is 13.2 Å². The van der Waals surface area contributed by atoms with Gasteiger partial charge in [-0.3, -0.25) is 9.36 Å². The van der Waals surface area contributed by atoms with Crippen LogP contribution in [0.4, 0.5) is 29.1 Å². The fraction of sp³-hybridized carbons (Fsp3) is 0.105. The van der Waals surface area contributed by atoms with Crippen LogP contribution in [0.15, 0.2) is 64.8 Å². The van der Waals surface area contributed by atoms with E-state index in [1.807, 2.05) is 0 Å². The lowest BCUT2D eigenvalue weighted by Crippen LogP contribution is -2.35. The lowest BCUT2D eigenvalue weighted by atomic mass is 10.3. The highest BCUT2D eigenvalue weighted by atomic mass is 19.4. The van der Waals surface area contributed by atoms with Crippen molar-refractivity contribution in [1.82, 2.24) is 15.0 Å². The predicted molar refractivity (Wildman–Crippen MR) is 111 cm³/mol. The summed E-state index contributed by atoms with van der Waals surface area (Å²) in [5.41, 5.74) is 1.81. The first-order chi connectivity index (χ1) is 15.7. The Bertz CT molecular complexity index is 1200. The van der Waals surface area contributed by atoms with Crippen molar-refractivity contribution in [3.63, 3.8) is 0 Å². The van der Waals surface area contributed by atoms with E-state index in [9.17, 15) is 22.4 Å². The summed E-state index contributed by atoms with van der Waals surface area (Å²) in [5, 5.41) is 5.85. The number of nitrogens with two attached hydrogens (primary N) is 2. The Morgan fingerprint density at radius 2 is 1.85 bits per heavy atom. The maximum absolute atomic E-state index is 14.2. The molecule has 33 heavy (non-hydrogen) atoms. The monoisotopic (exact) mass is 467 g/mol. The number of halogens is 4. The second-order valence-electron chi connectivity index (χ2n) is 6.27. The van der Waals surface area contributed by atoms with Crippen LogP contribution in [0, 0.1) is 5.82 Å². The van der Waals surface area contributed by atoms with Gasteiger partial charge in [0.05, 0.1) is 5.69 Å². The second-order valence-corrected chi connectivity index (χ2v) is 6.27. The quantitative estimate of drug-likeness (QED) is 0.136. The molecule has 0 saturated heterocycles. The topological polar surface area (TPSA) is 142 Å². The lowest BCUT2D eigenvalue weighted by molar-refractivity contribution is -0.274. The molecule has 14 heteroatoms. The lowest BCUT2D eigenvalue weighted by Gasteiger charge is -2.12. The highest BCUT2D eigenvalue weighted by Crippen LogP contribution is 2.27. The second kappa shape index (κ2) is 9.86. The molecule has 0 aliphatic rings. The Kier molecular flexibility index (Phi) is 6.97. The van der Waals surface area contributed by atoms with E-state index >= 15 is 0 Å². The van der Waals surface area contributed by atoms with Crippen molar-refractivity contribution in [3.05, 3.63) is 71.0 Å². The molecule has 0 aliphatic heterocycles. The van der Waals surface area contributed by atoms with Gasteiger partial charge in [0.1, 0.15) is 23.9 Å². The van der Waals surface area contributed by atoms with E-state index in [0.717, 1.165) is 12.1 Å². The number of nitrogens with one attached hydrogen (secondary N) is 2. The Morgan fingerprint density at radius 1 is 1.15 bits per heavy atom. The number of rotatable bonds is 7. The van der Waals surface area contributed by atoms with Gasteiger partial charge in [0.25, 0.3) is 5.56 Å². The molecular formula is C19H17F4N7O3. The molecule has 0 aliphatic carbocycles. The molecule has 0 fully saturated rings. The van der Waals surface area contributed by atoms with Crippen LogP contribution in [0.5, 0.6) is 11.5 Å². The van der Waals surface area contributed by atoms with E-state index in [-0.39, 0.29) is 23.9 Å². The standard InChI is InChI=1S/C19H17F4N7O3/c20-14-9-13(33-19(21,22)23)5-6-15(14)27-17-18(31)30(8-7-26-17)11-1-3-12(4-2-11)32-10-16(28-24)29-25/h1-9H,10,24-25H2,(H,26,27)(H,28,29). The average molecular weight is 467 g/mol. The summed E-state index contributed by atoms with van der Waals surface area (Å²) in [4.78, 5) is 16.7. The van der Waals surface area contributed by atoms with Crippen molar-refractivity contribution >= 4 is 17.3 Å². The highest BCUT2D eigenvalue weighted by molar-refractivity contribution is 5.82. The fourth-order valence-electron chi connectivity index (χ4n) is 2.59. The Labute approximate surface area is 183 Å². The van der Waals surface area contributed by atoms with Crippen LogP contribution in [0.1, 0.15) is 0 Å². The molecule has 0 unspecified atom stereocenters. The van der Waals surface area contributed by atoms with E-state index in [0.29, 0.717) is 17.5 Å². The molecule has 0 atom stereocenters. The Hall–Kier alpha value is -4.33. The van der Waals surface area contributed by atoms with Crippen molar-refractivity contribution in [2.24, 2.45) is 16.8 Å². The molecule has 10 nitrogen and oxygen atoms in total. The van der Waals surface area contributed by atoms with Crippen LogP contribution in [0.2, 0.25) is 0 Å². The van der Waals surface area contributed by atoms with Gasteiger partial charge in [0.2, 0.25) is 0 Å². The van der Waals surface area contributed by atoms with Crippen molar-refractivity contribution < 1.29 is 27.0 Å². The first kappa shape index (κ1) is 23.3. The van der Waals surface area contributed by atoms with Crippen LogP contribution in [-0.4, -0.2) is 28.4 Å². The van der Waals surface area contributed by atoms with Gasteiger partial charge in [-0.1, -0.05) is 0 Å². The largest absolute Gasteiger partial charge is 0.573 e. The van der Waals surface area contributed by atoms with Crippen molar-refractivity contribution in [2.75, 3.05) is 11.9 Å². The molecular weight excluding hydrogens is 450 g/mol. The van der Waals surface area contributed by atoms with Crippen LogP contribution < -0.4 is 37.5 Å². The third-order valence-corrected chi connectivity index (χ3v) is 4.08. The van der Waals surface area contributed by atoms with Gasteiger partial charge < -0.3 is 26.1 Å². The number of amidine groups is 1. The van der Waals surface area contributed by atoms with Crippen LogP contribution in [0.3, 0.4) is 0 Å². The zero-order chi connectivity index (χ0) is 24.0. The number of hydrazine groups is 1. The summed E-state index contributed by atoms with van der Waals surface area (Å²) in [6.45, 7) is -0.00597. The zero-order valence-electron chi connectivity index (χ0n) is 16.6. The summed E-state index contributed by atoms with van der Waals surface area (Å²) >= 11 is 0. The third kappa shape index (κ3) is 6.10. The van der Waals surface area contributed by atoms with E-state index in [1.165, 1.54) is 17.0 Å². The van der Waals surface area contributed by atoms with Crippen molar-refractivity contribution in [2.45, 2.75) is 6.36 Å². The molecule has 3 rings (SSSR count). The minimum Gasteiger partial charge on any atom is -0.486 e. The van der Waals surface area contributed by atoms with E-state index in [1.54, 1.807) is 24.3 Å². The van der Waals surface area contributed by atoms with Crippen LogP contribution in [-0.2, 0) is 0 Å². The third-order valence-electron chi connectivity index (χ3n) is 4.08. The number of anilines is 2. The molecule has 0 spiro atoms. The van der Waals surface area contributed by atoms with E-state index < -0.39 is 23.5 Å². The molecule has 2 aromatic carbocycles. The molecule has 1 heterocycles. The van der Waals surface area contributed by atoms with Crippen molar-refractivity contribution in [1.29, 1.82) is 0 Å². The van der Waals surface area contributed by atoms with Gasteiger partial charge in [0, 0.05) is 24.1 Å². The summed E-state index contributed by atoms with van der Waals surface area (Å²) in [6, 6.07) is 8.77. The molecule has 0 saturated carbocycles. The maximum Gasteiger partial charge on any atom is 0.573 e. The Morgan fingerprint density at radius 3 is 2.45 bits per heavy atom. The maximum atomic E-state index is 14.2. The van der Waals surface area contributed by atoms with Gasteiger partial charge in [-0.05, 0) is 36.4 Å². The summed E-state index contributed by atoms with van der Waals surface area (Å²) < 4.78 is 61.4. The van der Waals surface area contributed by atoms with Crippen LogP contribution >= 0.6 is 0 Å². The van der Waals surface area contributed by atoms with Gasteiger partial charge in [-0.2, -0.15) is 5.10 Å². The molecule has 1 aromatic heterocycles. The first-order valence-electron chi connectivity index (χ1n) is 9.07. The summed E-state index contributed by atoms with van der Waals surface area (Å²) in [6.07, 6.45) is -2.28. The SMILES string of the molecule is N/N=C(/COc1ccc(-n2ccnc(Nc3ccc(OC(F)(F)F)cc3F)c2=O)cc1)NN. The minimum atomic E-state index is -4.96. The summed E-state index contributed by atoms with van der Waals surface area (Å²) in [7, 11) is 0. The predicted octanol–water partition coefficient (Wildman–Crippen LogP) is 2.13. The number of hydrogen-bond donors (Lipinski definition) is 4. The first-order valence-corrected chi connectivity index (χ1v) is 9.07. The molecule has 0 bridgehead atoms. The number of benzene rings is 2. The normalized spacial score (nSPS) is 11.7. The van der Waals surface area contributed by atoms with Gasteiger partial charge in [0.15, 0.2) is 11.7 Å². The van der Waals surface area contributed by atoms with Gasteiger partial charge in [-0.25, -0.2) is 15.2 Å². The molecule has 174 valence electrons. The fourth-order valence-corrected chi connectivity index (χ4v) is 2.59. The summed E-state index contributed by atoms with van der Waals surface area (Å²) in [5.74, 6) is 8.93. The highest BCUT2D eigenvalue weighted by Gasteiger charge is 2.31. The molecule has 3 aromatic rings. The van der Waals surface area contributed by atoms with Gasteiger partial charge >= 0.3 is 6.36 Å². The number of hydrogen-bond acceptors (Lipinski definition) is 8. The Balaban J connectivity index is 1.78. The zero-order valence-corrected chi connectivity index (χ0v) is 16.6. The van der Waals surface area contributed by atoms with Crippen molar-refractivity contribution in [3.8, 4) is 17.2 Å².